The second kappa shape index (κ2) is 8.36. The molecule has 3 fully saturated rings. The quantitative estimate of drug-likeness (QED) is 0.653. The van der Waals surface area contributed by atoms with Crippen LogP contribution in [0.2, 0.25) is 0 Å². The zero-order valence-corrected chi connectivity index (χ0v) is 21.0. The second-order valence-corrected chi connectivity index (χ2v) is 11.7. The van der Waals surface area contributed by atoms with Crippen molar-refractivity contribution in [1.29, 1.82) is 5.26 Å². The maximum Gasteiger partial charge on any atom is 0.239 e. The minimum Gasteiger partial charge on any atom is -0.378 e. The fourth-order valence-corrected chi connectivity index (χ4v) is 7.07. The topological polar surface area (TPSA) is 105 Å². The number of aromatic nitrogens is 1. The average Bonchev–Trinajstić information content (AvgIpc) is 3.81. The molecular formula is C27H25F2N5O2S. The Balaban J connectivity index is 1.31. The van der Waals surface area contributed by atoms with Crippen molar-refractivity contribution in [3.8, 4) is 6.07 Å². The predicted molar refractivity (Wildman–Crippen MR) is 136 cm³/mol. The first kappa shape index (κ1) is 24.1. The molecule has 2 N–H and O–H groups in total. The first-order valence-corrected chi connectivity index (χ1v) is 13.0. The molecule has 2 unspecified atom stereocenters. The van der Waals surface area contributed by atoms with Crippen molar-refractivity contribution in [2.24, 2.45) is 16.6 Å². The van der Waals surface area contributed by atoms with Gasteiger partial charge in [0.15, 0.2) is 5.17 Å². The molecule has 2 aliphatic heterocycles. The van der Waals surface area contributed by atoms with E-state index < -0.39 is 21.9 Å². The highest BCUT2D eigenvalue weighted by Crippen LogP contribution is 2.66. The summed E-state index contributed by atoms with van der Waals surface area (Å²) in [5.41, 5.74) is 6.06. The number of benzene rings is 1. The number of hydrogen-bond donors (Lipinski definition) is 1. The van der Waals surface area contributed by atoms with Crippen molar-refractivity contribution in [3.63, 3.8) is 0 Å². The van der Waals surface area contributed by atoms with Crippen LogP contribution in [0.1, 0.15) is 48.6 Å². The Morgan fingerprint density at radius 3 is 2.86 bits per heavy atom. The molecular weight excluding hydrogens is 496 g/mol. The number of nitriles is 1. The molecule has 3 heterocycles. The fraction of sp³-hybridized carbons (Fsp3) is 0.407. The molecule has 10 heteroatoms. The van der Waals surface area contributed by atoms with Crippen LogP contribution in [-0.4, -0.2) is 51.0 Å². The number of hydrogen-bond acceptors (Lipinski definition) is 7. The van der Waals surface area contributed by atoms with Crippen LogP contribution in [0.5, 0.6) is 0 Å². The van der Waals surface area contributed by atoms with E-state index in [1.807, 2.05) is 11.0 Å². The molecule has 1 saturated heterocycles. The molecule has 0 radical (unpaired) electrons. The Hall–Kier alpha value is -3.29. The van der Waals surface area contributed by atoms with Crippen molar-refractivity contribution in [3.05, 3.63) is 64.7 Å². The van der Waals surface area contributed by atoms with Crippen molar-refractivity contribution < 1.29 is 18.3 Å². The van der Waals surface area contributed by atoms with Gasteiger partial charge in [-0.25, -0.2) is 8.78 Å². The smallest absolute Gasteiger partial charge is 0.239 e. The molecule has 2 saturated carbocycles. The Bertz CT molecular complexity index is 1400. The summed E-state index contributed by atoms with van der Waals surface area (Å²) < 4.78 is 35.3. The summed E-state index contributed by atoms with van der Waals surface area (Å²) in [6.07, 6.45) is 5.01. The number of nitrogens with two attached hydrogens (primary N) is 1. The summed E-state index contributed by atoms with van der Waals surface area (Å²) in [4.78, 5) is 24.2. The maximum absolute atomic E-state index is 15.3. The third kappa shape index (κ3) is 4.01. The normalized spacial score (nSPS) is 29.8. The van der Waals surface area contributed by atoms with Gasteiger partial charge in [-0.2, -0.15) is 5.26 Å². The SMILES string of the molecule is C[C@]1(c2cc(C=C(F)c3ccc(C#N)cn3)ccc2F)N=C(N)SC2(C(=O)N3CCOC4(CC4)C3)CC21. The van der Waals surface area contributed by atoms with Gasteiger partial charge in [-0.3, -0.25) is 14.8 Å². The van der Waals surface area contributed by atoms with Crippen LogP contribution in [0.3, 0.4) is 0 Å². The summed E-state index contributed by atoms with van der Waals surface area (Å²) in [5.74, 6) is -1.35. The van der Waals surface area contributed by atoms with Gasteiger partial charge >= 0.3 is 0 Å². The number of aliphatic imine (C=N–C) groups is 1. The molecule has 37 heavy (non-hydrogen) atoms. The van der Waals surface area contributed by atoms with Crippen LogP contribution in [0.25, 0.3) is 11.9 Å². The van der Waals surface area contributed by atoms with E-state index >= 15 is 4.39 Å². The van der Waals surface area contributed by atoms with Crippen molar-refractivity contribution >= 4 is 34.7 Å². The fourth-order valence-electron chi connectivity index (χ4n) is 5.62. The lowest BCUT2D eigenvalue weighted by molar-refractivity contribution is -0.141. The number of halogens is 2. The zero-order chi connectivity index (χ0) is 26.0. The number of carbonyl (C=O) groups is 1. The number of thioether (sulfide) groups is 1. The third-order valence-corrected chi connectivity index (χ3v) is 9.18. The number of fused-ring (bicyclic) bond motifs is 1. The standard InChI is InChI=1S/C27H25F2N5O2S/c1-25(18-10-16(2-4-19(18)28)11-20(29)21-5-3-17(13-30)14-32-21)22-12-27(22,37-24(31)33-25)23(35)34-8-9-36-26(15-34)6-7-26/h2-5,10-11,14,22H,6-9,12,15H2,1H3,(H2,31,33)/t22?,25-,27?/m1/s1. The highest BCUT2D eigenvalue weighted by Gasteiger charge is 2.71. The van der Waals surface area contributed by atoms with Gasteiger partial charge in [-0.15, -0.1) is 0 Å². The largest absolute Gasteiger partial charge is 0.378 e. The van der Waals surface area contributed by atoms with Gasteiger partial charge < -0.3 is 15.4 Å². The van der Waals surface area contributed by atoms with E-state index in [0.29, 0.717) is 37.2 Å². The molecule has 7 nitrogen and oxygen atoms in total. The minimum absolute atomic E-state index is 0.00976. The number of pyridine rings is 1. The molecule has 1 amide bonds. The summed E-state index contributed by atoms with van der Waals surface area (Å²) in [5, 5.41) is 9.16. The summed E-state index contributed by atoms with van der Waals surface area (Å²) in [7, 11) is 0. The van der Waals surface area contributed by atoms with Gasteiger partial charge in [0, 0.05) is 30.8 Å². The molecule has 3 atom stereocenters. The Morgan fingerprint density at radius 1 is 1.35 bits per heavy atom. The first-order chi connectivity index (χ1) is 17.7. The van der Waals surface area contributed by atoms with Gasteiger partial charge in [0.2, 0.25) is 5.91 Å². The van der Waals surface area contributed by atoms with Gasteiger partial charge in [-0.05, 0) is 62.1 Å². The number of amidine groups is 1. The summed E-state index contributed by atoms with van der Waals surface area (Å²) in [6.45, 7) is 3.42. The molecule has 2 aromatic rings. The lowest BCUT2D eigenvalue weighted by Crippen LogP contribution is -2.52. The van der Waals surface area contributed by atoms with Gasteiger partial charge in [0.05, 0.1) is 29.0 Å². The van der Waals surface area contributed by atoms with Crippen LogP contribution in [0.4, 0.5) is 8.78 Å². The molecule has 0 bridgehead atoms. The van der Waals surface area contributed by atoms with E-state index in [1.165, 1.54) is 48.3 Å². The van der Waals surface area contributed by atoms with Crippen molar-refractivity contribution in [2.45, 2.75) is 42.1 Å². The summed E-state index contributed by atoms with van der Waals surface area (Å²) in [6, 6.07) is 9.16. The Morgan fingerprint density at radius 2 is 2.16 bits per heavy atom. The molecule has 1 spiro atoms. The number of amides is 1. The highest BCUT2D eigenvalue weighted by molar-refractivity contribution is 8.15. The lowest BCUT2D eigenvalue weighted by Gasteiger charge is -2.38. The highest BCUT2D eigenvalue weighted by atomic mass is 32.2. The van der Waals surface area contributed by atoms with Crippen LogP contribution in [-0.2, 0) is 15.1 Å². The Kier molecular flexibility index (Phi) is 5.44. The van der Waals surface area contributed by atoms with E-state index in [9.17, 15) is 9.18 Å². The molecule has 1 aromatic carbocycles. The van der Waals surface area contributed by atoms with Crippen LogP contribution in [0, 0.1) is 23.1 Å². The van der Waals surface area contributed by atoms with Crippen LogP contribution < -0.4 is 5.73 Å². The summed E-state index contributed by atoms with van der Waals surface area (Å²) >= 11 is 1.27. The average molecular weight is 522 g/mol. The van der Waals surface area contributed by atoms with E-state index in [2.05, 4.69) is 9.98 Å². The molecule has 2 aliphatic carbocycles. The maximum atomic E-state index is 15.3. The second-order valence-electron chi connectivity index (χ2n) is 10.4. The predicted octanol–water partition coefficient (Wildman–Crippen LogP) is 3.99. The lowest BCUT2D eigenvalue weighted by atomic mass is 9.84. The van der Waals surface area contributed by atoms with E-state index in [0.717, 1.165) is 12.8 Å². The number of nitrogens with zero attached hydrogens (tertiary/aromatic N) is 4. The number of carbonyl (C=O) groups excluding carboxylic acids is 1. The molecule has 6 rings (SSSR count). The van der Waals surface area contributed by atoms with E-state index in [4.69, 9.17) is 15.7 Å². The zero-order valence-electron chi connectivity index (χ0n) is 20.2. The molecule has 1 aromatic heterocycles. The molecule has 4 aliphatic rings. The first-order valence-electron chi connectivity index (χ1n) is 12.2. The van der Waals surface area contributed by atoms with Crippen LogP contribution >= 0.6 is 11.8 Å². The molecule has 190 valence electrons. The van der Waals surface area contributed by atoms with Crippen molar-refractivity contribution in [1.82, 2.24) is 9.88 Å². The number of rotatable bonds is 4. The Labute approximate surface area is 217 Å². The number of ether oxygens (including phenoxy) is 1. The van der Waals surface area contributed by atoms with Crippen molar-refractivity contribution in [2.75, 3.05) is 19.7 Å². The number of morpholine rings is 1. The van der Waals surface area contributed by atoms with E-state index in [1.54, 1.807) is 13.0 Å². The van der Waals surface area contributed by atoms with Gasteiger partial charge in [0.1, 0.15) is 22.5 Å². The third-order valence-electron chi connectivity index (χ3n) is 7.89. The minimum atomic E-state index is -1.08. The van der Waals surface area contributed by atoms with Gasteiger partial charge in [0.25, 0.3) is 0 Å². The van der Waals surface area contributed by atoms with Gasteiger partial charge in [-0.1, -0.05) is 17.8 Å². The monoisotopic (exact) mass is 521 g/mol. The van der Waals surface area contributed by atoms with E-state index in [-0.39, 0.29) is 33.9 Å². The van der Waals surface area contributed by atoms with Crippen LogP contribution in [0.15, 0.2) is 41.5 Å².